The van der Waals surface area contributed by atoms with Gasteiger partial charge in [0.05, 0.1) is 6.26 Å². The molecule has 4 rings (SSSR count). The van der Waals surface area contributed by atoms with Gasteiger partial charge in [0.1, 0.15) is 5.76 Å². The summed E-state index contributed by atoms with van der Waals surface area (Å²) in [4.78, 5) is 16.7. The average molecular weight is 246 g/mol. The van der Waals surface area contributed by atoms with Gasteiger partial charge in [0, 0.05) is 38.3 Å². The van der Waals surface area contributed by atoms with Crippen molar-refractivity contribution in [2.24, 2.45) is 0 Å². The lowest BCUT2D eigenvalue weighted by Gasteiger charge is -2.30. The smallest absolute Gasteiger partial charge is 0.246 e. The highest BCUT2D eigenvalue weighted by Gasteiger charge is 2.30. The van der Waals surface area contributed by atoms with Crippen molar-refractivity contribution in [3.05, 3.63) is 30.2 Å². The van der Waals surface area contributed by atoms with E-state index < -0.39 is 0 Å². The number of furan rings is 1. The second-order valence-electron chi connectivity index (χ2n) is 4.95. The van der Waals surface area contributed by atoms with Gasteiger partial charge in [-0.2, -0.15) is 0 Å². The number of nitrogens with zero attached hydrogens (tertiary/aromatic N) is 2. The van der Waals surface area contributed by atoms with Crippen LogP contribution in [0.3, 0.4) is 0 Å². The maximum absolute atomic E-state index is 12.2. The lowest BCUT2D eigenvalue weighted by molar-refractivity contribution is -0.127. The molecule has 4 nitrogen and oxygen atoms in total. The third-order valence-corrected chi connectivity index (χ3v) is 3.87. The first-order valence-corrected chi connectivity index (χ1v) is 6.57. The number of hydrogen-bond donors (Lipinski definition) is 0. The van der Waals surface area contributed by atoms with Crippen molar-refractivity contribution < 1.29 is 9.21 Å². The molecule has 2 bridgehead atoms. The molecule has 4 heterocycles. The van der Waals surface area contributed by atoms with Crippen LogP contribution in [-0.2, 0) is 4.79 Å². The highest BCUT2D eigenvalue weighted by atomic mass is 16.3. The Morgan fingerprint density at radius 3 is 2.83 bits per heavy atom. The Hall–Kier alpha value is -1.55. The molecule has 96 valence electrons. The Bertz CT molecular complexity index is 431. The van der Waals surface area contributed by atoms with Crippen molar-refractivity contribution in [1.29, 1.82) is 0 Å². The molecule has 0 aromatic carbocycles. The number of rotatable bonds is 2. The molecule has 0 unspecified atom stereocenters. The molecule has 0 saturated carbocycles. The summed E-state index contributed by atoms with van der Waals surface area (Å²) in [6, 6.07) is 4.10. The van der Waals surface area contributed by atoms with Gasteiger partial charge in [0.2, 0.25) is 5.91 Å². The van der Waals surface area contributed by atoms with Gasteiger partial charge in [-0.05, 0) is 31.1 Å². The number of fused-ring (bicyclic) bond motifs is 4. The van der Waals surface area contributed by atoms with Crippen molar-refractivity contribution >= 4 is 12.0 Å². The minimum absolute atomic E-state index is 0.111. The maximum Gasteiger partial charge on any atom is 0.246 e. The van der Waals surface area contributed by atoms with Crippen molar-refractivity contribution in [2.75, 3.05) is 26.2 Å². The number of carbonyl (C=O) groups is 1. The van der Waals surface area contributed by atoms with E-state index in [1.807, 2.05) is 17.0 Å². The fraction of sp³-hybridized carbons (Fsp3) is 0.500. The number of piperidine rings is 1. The van der Waals surface area contributed by atoms with Crippen LogP contribution in [0.5, 0.6) is 0 Å². The lowest BCUT2D eigenvalue weighted by Crippen LogP contribution is -2.40. The SMILES string of the molecule is O=C(/C=C/c1ccco1)N1CCN2CCC1CC2. The number of amides is 1. The van der Waals surface area contributed by atoms with Crippen LogP contribution in [0.1, 0.15) is 18.6 Å². The predicted molar refractivity (Wildman–Crippen MR) is 68.9 cm³/mol. The van der Waals surface area contributed by atoms with E-state index in [1.54, 1.807) is 18.4 Å². The van der Waals surface area contributed by atoms with Gasteiger partial charge in [-0.15, -0.1) is 0 Å². The molecule has 0 spiro atoms. The quantitative estimate of drug-likeness (QED) is 0.744. The van der Waals surface area contributed by atoms with Gasteiger partial charge >= 0.3 is 0 Å². The summed E-state index contributed by atoms with van der Waals surface area (Å²) in [6.07, 6.45) is 7.22. The molecule has 4 heteroatoms. The fourth-order valence-electron chi connectivity index (χ4n) is 2.81. The topological polar surface area (TPSA) is 36.7 Å². The van der Waals surface area contributed by atoms with Gasteiger partial charge in [-0.3, -0.25) is 4.79 Å². The molecular formula is C14H18N2O2. The molecule has 3 fully saturated rings. The molecular weight excluding hydrogens is 228 g/mol. The van der Waals surface area contributed by atoms with Crippen LogP contribution < -0.4 is 0 Å². The molecule has 0 radical (unpaired) electrons. The van der Waals surface area contributed by atoms with Crippen LogP contribution in [0.15, 0.2) is 28.9 Å². The Morgan fingerprint density at radius 1 is 1.28 bits per heavy atom. The summed E-state index contributed by atoms with van der Waals surface area (Å²) in [6.45, 7) is 4.13. The molecule has 3 aliphatic rings. The molecule has 18 heavy (non-hydrogen) atoms. The van der Waals surface area contributed by atoms with E-state index in [-0.39, 0.29) is 5.91 Å². The number of hydrogen-bond acceptors (Lipinski definition) is 3. The average Bonchev–Trinajstić information content (AvgIpc) is 2.75. The van der Waals surface area contributed by atoms with Gasteiger partial charge in [0.15, 0.2) is 0 Å². The summed E-state index contributed by atoms with van der Waals surface area (Å²) >= 11 is 0. The Morgan fingerprint density at radius 2 is 2.11 bits per heavy atom. The van der Waals surface area contributed by atoms with Crippen LogP contribution in [0.4, 0.5) is 0 Å². The first kappa shape index (κ1) is 11.5. The lowest BCUT2D eigenvalue weighted by atomic mass is 10.1. The molecule has 1 amide bonds. The third kappa shape index (κ3) is 2.34. The monoisotopic (exact) mass is 246 g/mol. The molecule has 3 saturated heterocycles. The van der Waals surface area contributed by atoms with E-state index in [9.17, 15) is 4.79 Å². The minimum Gasteiger partial charge on any atom is -0.465 e. The Kier molecular flexibility index (Phi) is 3.19. The Balaban J connectivity index is 1.68. The Labute approximate surface area is 107 Å². The summed E-state index contributed by atoms with van der Waals surface area (Å²) in [5.74, 6) is 0.839. The molecule has 0 atom stereocenters. The molecule has 3 aliphatic heterocycles. The molecule has 0 aliphatic carbocycles. The van der Waals surface area contributed by atoms with Crippen LogP contribution in [0.2, 0.25) is 0 Å². The largest absolute Gasteiger partial charge is 0.465 e. The van der Waals surface area contributed by atoms with E-state index in [2.05, 4.69) is 4.90 Å². The zero-order chi connectivity index (χ0) is 12.4. The fourth-order valence-corrected chi connectivity index (χ4v) is 2.81. The summed E-state index contributed by atoms with van der Waals surface area (Å²) in [5, 5.41) is 0. The standard InChI is InChI=1S/C14H18N2O2/c17-14(4-3-13-2-1-11-18-13)16-10-9-15-7-5-12(16)6-8-15/h1-4,11-12H,5-10H2/b4-3+. The second kappa shape index (κ2) is 4.98. The van der Waals surface area contributed by atoms with E-state index in [4.69, 9.17) is 4.42 Å². The van der Waals surface area contributed by atoms with E-state index in [0.717, 1.165) is 44.8 Å². The molecule has 0 N–H and O–H groups in total. The first-order valence-electron chi connectivity index (χ1n) is 6.57. The van der Waals surface area contributed by atoms with Crippen molar-refractivity contribution in [3.8, 4) is 0 Å². The van der Waals surface area contributed by atoms with Crippen LogP contribution in [0, 0.1) is 0 Å². The van der Waals surface area contributed by atoms with Crippen LogP contribution >= 0.6 is 0 Å². The normalized spacial score (nSPS) is 27.7. The number of carbonyl (C=O) groups excluding carboxylic acids is 1. The summed E-state index contributed by atoms with van der Waals surface area (Å²) in [5.41, 5.74) is 0. The molecule has 1 aromatic heterocycles. The molecule has 1 aromatic rings. The van der Waals surface area contributed by atoms with Gasteiger partial charge in [-0.25, -0.2) is 0 Å². The van der Waals surface area contributed by atoms with Crippen LogP contribution in [-0.4, -0.2) is 47.9 Å². The second-order valence-corrected chi connectivity index (χ2v) is 4.95. The van der Waals surface area contributed by atoms with E-state index in [0.29, 0.717) is 6.04 Å². The zero-order valence-electron chi connectivity index (χ0n) is 10.4. The van der Waals surface area contributed by atoms with E-state index >= 15 is 0 Å². The summed E-state index contributed by atoms with van der Waals surface area (Å²) in [7, 11) is 0. The summed E-state index contributed by atoms with van der Waals surface area (Å²) < 4.78 is 5.19. The predicted octanol–water partition coefficient (Wildman–Crippen LogP) is 1.60. The highest BCUT2D eigenvalue weighted by molar-refractivity contribution is 5.91. The zero-order valence-corrected chi connectivity index (χ0v) is 10.4. The first-order chi connectivity index (χ1) is 8.83. The minimum atomic E-state index is 0.111. The highest BCUT2D eigenvalue weighted by Crippen LogP contribution is 2.21. The van der Waals surface area contributed by atoms with Crippen molar-refractivity contribution in [3.63, 3.8) is 0 Å². The van der Waals surface area contributed by atoms with Crippen molar-refractivity contribution in [1.82, 2.24) is 9.80 Å². The van der Waals surface area contributed by atoms with E-state index in [1.165, 1.54) is 0 Å². The van der Waals surface area contributed by atoms with Gasteiger partial charge in [-0.1, -0.05) is 0 Å². The maximum atomic E-state index is 12.2. The third-order valence-electron chi connectivity index (χ3n) is 3.87. The van der Waals surface area contributed by atoms with Gasteiger partial charge < -0.3 is 14.2 Å². The van der Waals surface area contributed by atoms with Crippen LogP contribution in [0.25, 0.3) is 6.08 Å². The van der Waals surface area contributed by atoms with Crippen molar-refractivity contribution in [2.45, 2.75) is 18.9 Å². The van der Waals surface area contributed by atoms with Gasteiger partial charge in [0.25, 0.3) is 0 Å².